The van der Waals surface area contributed by atoms with Gasteiger partial charge in [-0.3, -0.25) is 4.79 Å². The van der Waals surface area contributed by atoms with E-state index in [9.17, 15) is 9.90 Å². The third-order valence-electron chi connectivity index (χ3n) is 4.99. The maximum Gasteiger partial charge on any atom is 0.253 e. The van der Waals surface area contributed by atoms with E-state index in [1.54, 1.807) is 0 Å². The van der Waals surface area contributed by atoms with Gasteiger partial charge in [-0.1, -0.05) is 12.8 Å². The Morgan fingerprint density at radius 2 is 1.91 bits per heavy atom. The second-order valence-corrected chi connectivity index (χ2v) is 6.57. The van der Waals surface area contributed by atoms with Crippen LogP contribution in [0.5, 0.6) is 0 Å². The molecule has 1 aromatic carbocycles. The van der Waals surface area contributed by atoms with Crippen LogP contribution < -0.4 is 16.0 Å². The molecule has 2 fully saturated rings. The van der Waals surface area contributed by atoms with Crippen molar-refractivity contribution in [1.82, 2.24) is 5.32 Å². The van der Waals surface area contributed by atoms with Crippen LogP contribution in [0.4, 0.5) is 11.4 Å². The van der Waals surface area contributed by atoms with Gasteiger partial charge in [0.25, 0.3) is 5.91 Å². The molecule has 0 radical (unpaired) electrons. The molecule has 1 heterocycles. The second kappa shape index (κ2) is 6.16. The van der Waals surface area contributed by atoms with Gasteiger partial charge in [0, 0.05) is 24.5 Å². The highest BCUT2D eigenvalue weighted by molar-refractivity contribution is 6.00. The van der Waals surface area contributed by atoms with Crippen LogP contribution in [0, 0.1) is 0 Å². The molecule has 120 valence electrons. The van der Waals surface area contributed by atoms with Crippen LogP contribution in [0.15, 0.2) is 18.2 Å². The first kappa shape index (κ1) is 15.2. The lowest BCUT2D eigenvalue weighted by atomic mass is 9.98. The smallest absolute Gasteiger partial charge is 0.253 e. The molecule has 1 amide bonds. The summed E-state index contributed by atoms with van der Waals surface area (Å²) in [4.78, 5) is 14.9. The van der Waals surface area contributed by atoms with Crippen molar-refractivity contribution < 1.29 is 9.90 Å². The van der Waals surface area contributed by atoms with E-state index in [0.717, 1.165) is 44.5 Å². The number of nitrogens with two attached hydrogens (primary N) is 1. The first-order valence-corrected chi connectivity index (χ1v) is 8.21. The van der Waals surface area contributed by atoms with Gasteiger partial charge >= 0.3 is 0 Å². The number of amides is 1. The highest BCUT2D eigenvalue weighted by Gasteiger charge is 2.35. The molecule has 1 aliphatic carbocycles. The Bertz CT molecular complexity index is 547. The Morgan fingerprint density at radius 1 is 1.23 bits per heavy atom. The standard InChI is InChI=1S/C17H25N3O2/c18-15-6-5-13(20-9-3-4-10-20)11-14(15)16(22)19-17(12-21)7-1-2-8-17/h5-6,11,21H,1-4,7-10,12,18H2,(H,19,22). The Balaban J connectivity index is 1.80. The summed E-state index contributed by atoms with van der Waals surface area (Å²) in [6.45, 7) is 2.06. The monoisotopic (exact) mass is 303 g/mol. The van der Waals surface area contributed by atoms with Crippen LogP contribution in [0.3, 0.4) is 0 Å². The molecule has 1 aromatic rings. The van der Waals surface area contributed by atoms with Gasteiger partial charge < -0.3 is 21.1 Å². The zero-order valence-corrected chi connectivity index (χ0v) is 13.0. The van der Waals surface area contributed by atoms with Gasteiger partial charge in [-0.05, 0) is 43.9 Å². The average molecular weight is 303 g/mol. The molecule has 3 rings (SSSR count). The van der Waals surface area contributed by atoms with E-state index in [-0.39, 0.29) is 12.5 Å². The molecule has 22 heavy (non-hydrogen) atoms. The number of aliphatic hydroxyl groups excluding tert-OH is 1. The molecule has 0 atom stereocenters. The number of nitrogens with one attached hydrogen (secondary N) is 1. The molecule has 2 aliphatic rings. The van der Waals surface area contributed by atoms with Crippen molar-refractivity contribution in [1.29, 1.82) is 0 Å². The minimum absolute atomic E-state index is 0.00946. The van der Waals surface area contributed by atoms with Crippen LogP contribution >= 0.6 is 0 Å². The van der Waals surface area contributed by atoms with Gasteiger partial charge in [-0.15, -0.1) is 0 Å². The van der Waals surface area contributed by atoms with Crippen LogP contribution in [-0.2, 0) is 0 Å². The van der Waals surface area contributed by atoms with Gasteiger partial charge in [0.2, 0.25) is 0 Å². The normalized spacial score (nSPS) is 20.3. The van der Waals surface area contributed by atoms with E-state index in [2.05, 4.69) is 10.2 Å². The summed E-state index contributed by atoms with van der Waals surface area (Å²) in [7, 11) is 0. The number of carbonyl (C=O) groups is 1. The van der Waals surface area contributed by atoms with Gasteiger partial charge in [-0.2, -0.15) is 0 Å². The largest absolute Gasteiger partial charge is 0.398 e. The fourth-order valence-electron chi connectivity index (χ4n) is 3.60. The summed E-state index contributed by atoms with van der Waals surface area (Å²) < 4.78 is 0. The number of benzene rings is 1. The van der Waals surface area contributed by atoms with Crippen molar-refractivity contribution in [3.63, 3.8) is 0 Å². The van der Waals surface area contributed by atoms with E-state index >= 15 is 0 Å². The maximum absolute atomic E-state index is 12.6. The van der Waals surface area contributed by atoms with Gasteiger partial charge in [0.05, 0.1) is 17.7 Å². The molecular formula is C17H25N3O2. The Kier molecular flexibility index (Phi) is 4.25. The summed E-state index contributed by atoms with van der Waals surface area (Å²) in [5.41, 5.74) is 7.61. The summed E-state index contributed by atoms with van der Waals surface area (Å²) in [6.07, 6.45) is 6.15. The van der Waals surface area contributed by atoms with Crippen LogP contribution in [0.25, 0.3) is 0 Å². The number of hydrogen-bond donors (Lipinski definition) is 3. The van der Waals surface area contributed by atoms with Crippen LogP contribution in [0.1, 0.15) is 48.9 Å². The van der Waals surface area contributed by atoms with E-state index in [0.29, 0.717) is 11.3 Å². The van der Waals surface area contributed by atoms with Crippen molar-refractivity contribution in [3.05, 3.63) is 23.8 Å². The van der Waals surface area contributed by atoms with Crippen molar-refractivity contribution in [2.24, 2.45) is 0 Å². The SMILES string of the molecule is Nc1ccc(N2CCCC2)cc1C(=O)NC1(CO)CCCC1. The number of nitrogens with zero attached hydrogens (tertiary/aromatic N) is 1. The van der Waals surface area contributed by atoms with Gasteiger partial charge in [0.1, 0.15) is 0 Å². The summed E-state index contributed by atoms with van der Waals surface area (Å²) in [5, 5.41) is 12.7. The Morgan fingerprint density at radius 3 is 2.55 bits per heavy atom. The molecular weight excluding hydrogens is 278 g/mol. The van der Waals surface area contributed by atoms with Crippen molar-refractivity contribution in [3.8, 4) is 0 Å². The molecule has 1 saturated heterocycles. The average Bonchev–Trinajstić information content (AvgIpc) is 3.19. The van der Waals surface area contributed by atoms with Crippen molar-refractivity contribution in [2.45, 2.75) is 44.1 Å². The summed E-state index contributed by atoms with van der Waals surface area (Å²) in [6, 6.07) is 5.67. The number of rotatable bonds is 4. The molecule has 4 N–H and O–H groups in total. The molecule has 0 spiro atoms. The Hall–Kier alpha value is -1.75. The molecule has 5 heteroatoms. The molecule has 0 unspecified atom stereocenters. The lowest BCUT2D eigenvalue weighted by Gasteiger charge is -2.28. The highest BCUT2D eigenvalue weighted by atomic mass is 16.3. The summed E-state index contributed by atoms with van der Waals surface area (Å²) in [5.74, 6) is -0.172. The zero-order chi connectivity index (χ0) is 15.6. The first-order valence-electron chi connectivity index (χ1n) is 8.21. The lowest BCUT2D eigenvalue weighted by molar-refractivity contribution is 0.0839. The molecule has 0 bridgehead atoms. The van der Waals surface area contributed by atoms with E-state index < -0.39 is 5.54 Å². The maximum atomic E-state index is 12.6. The first-order chi connectivity index (χ1) is 10.6. The number of aliphatic hydroxyl groups is 1. The third kappa shape index (κ3) is 2.90. The number of anilines is 2. The third-order valence-corrected chi connectivity index (χ3v) is 4.99. The topological polar surface area (TPSA) is 78.6 Å². The number of nitrogen functional groups attached to an aromatic ring is 1. The molecule has 1 aliphatic heterocycles. The molecule has 5 nitrogen and oxygen atoms in total. The predicted molar refractivity (Wildman–Crippen MR) is 88.1 cm³/mol. The van der Waals surface area contributed by atoms with Gasteiger partial charge in [-0.25, -0.2) is 0 Å². The highest BCUT2D eigenvalue weighted by Crippen LogP contribution is 2.30. The zero-order valence-electron chi connectivity index (χ0n) is 13.0. The second-order valence-electron chi connectivity index (χ2n) is 6.57. The molecule has 0 aromatic heterocycles. The minimum Gasteiger partial charge on any atom is -0.398 e. The number of carbonyl (C=O) groups excluding carboxylic acids is 1. The van der Waals surface area contributed by atoms with Gasteiger partial charge in [0.15, 0.2) is 0 Å². The van der Waals surface area contributed by atoms with E-state index in [4.69, 9.17) is 5.73 Å². The van der Waals surface area contributed by atoms with E-state index in [1.165, 1.54) is 12.8 Å². The quantitative estimate of drug-likeness (QED) is 0.742. The Labute approximate surface area is 131 Å². The lowest BCUT2D eigenvalue weighted by Crippen LogP contribution is -2.49. The fourth-order valence-corrected chi connectivity index (χ4v) is 3.60. The summed E-state index contributed by atoms with van der Waals surface area (Å²) >= 11 is 0. The predicted octanol–water partition coefficient (Wildman–Crippen LogP) is 1.90. The van der Waals surface area contributed by atoms with Crippen molar-refractivity contribution in [2.75, 3.05) is 30.3 Å². The van der Waals surface area contributed by atoms with Crippen molar-refractivity contribution >= 4 is 17.3 Å². The number of hydrogen-bond acceptors (Lipinski definition) is 4. The fraction of sp³-hybridized carbons (Fsp3) is 0.588. The van der Waals surface area contributed by atoms with Crippen LogP contribution in [0.2, 0.25) is 0 Å². The molecule has 1 saturated carbocycles. The van der Waals surface area contributed by atoms with Crippen LogP contribution in [-0.4, -0.2) is 36.2 Å². The minimum atomic E-state index is -0.465. The van der Waals surface area contributed by atoms with E-state index in [1.807, 2.05) is 18.2 Å².